The van der Waals surface area contributed by atoms with Gasteiger partial charge < -0.3 is 0 Å². The SMILES string of the molecule is CSc1nccn1-c1cccc(C(=O)Nc2nc(C)c(C)s2)c1. The molecular weight excluding hydrogens is 328 g/mol. The van der Waals surface area contributed by atoms with E-state index in [1.807, 2.05) is 49.1 Å². The summed E-state index contributed by atoms with van der Waals surface area (Å²) in [6.07, 6.45) is 5.61. The quantitative estimate of drug-likeness (QED) is 0.729. The van der Waals surface area contributed by atoms with Crippen LogP contribution >= 0.6 is 23.1 Å². The zero-order valence-electron chi connectivity index (χ0n) is 13.0. The number of rotatable bonds is 4. The second-order valence-corrected chi connectivity index (χ2v) is 6.93. The van der Waals surface area contributed by atoms with Gasteiger partial charge in [0.2, 0.25) is 0 Å². The van der Waals surface area contributed by atoms with Crippen molar-refractivity contribution in [2.75, 3.05) is 11.6 Å². The van der Waals surface area contributed by atoms with Crippen LogP contribution in [-0.2, 0) is 0 Å². The Bertz CT molecular complexity index is 834. The molecule has 0 aliphatic rings. The van der Waals surface area contributed by atoms with Crippen molar-refractivity contribution in [1.82, 2.24) is 14.5 Å². The maximum absolute atomic E-state index is 12.4. The number of nitrogens with zero attached hydrogens (tertiary/aromatic N) is 3. The normalized spacial score (nSPS) is 10.7. The highest BCUT2D eigenvalue weighted by Crippen LogP contribution is 2.23. The lowest BCUT2D eigenvalue weighted by molar-refractivity contribution is 0.102. The summed E-state index contributed by atoms with van der Waals surface area (Å²) in [6.45, 7) is 3.93. The molecule has 0 unspecified atom stereocenters. The highest BCUT2D eigenvalue weighted by atomic mass is 32.2. The Labute approximate surface area is 142 Å². The van der Waals surface area contributed by atoms with Crippen LogP contribution in [0.15, 0.2) is 41.8 Å². The van der Waals surface area contributed by atoms with Gasteiger partial charge in [-0.25, -0.2) is 9.97 Å². The van der Waals surface area contributed by atoms with Crippen molar-refractivity contribution in [1.29, 1.82) is 0 Å². The van der Waals surface area contributed by atoms with Crippen LogP contribution in [0.2, 0.25) is 0 Å². The van der Waals surface area contributed by atoms with Gasteiger partial charge in [-0.2, -0.15) is 0 Å². The van der Waals surface area contributed by atoms with Crippen molar-refractivity contribution in [2.45, 2.75) is 19.0 Å². The highest BCUT2D eigenvalue weighted by molar-refractivity contribution is 7.98. The smallest absolute Gasteiger partial charge is 0.257 e. The minimum Gasteiger partial charge on any atom is -0.298 e. The number of thiazole rings is 1. The third kappa shape index (κ3) is 3.30. The van der Waals surface area contributed by atoms with E-state index in [1.165, 1.54) is 11.3 Å². The lowest BCUT2D eigenvalue weighted by atomic mass is 10.2. The molecule has 0 fully saturated rings. The summed E-state index contributed by atoms with van der Waals surface area (Å²) in [7, 11) is 0. The van der Waals surface area contributed by atoms with Gasteiger partial charge in [0.05, 0.1) is 5.69 Å². The van der Waals surface area contributed by atoms with Crippen LogP contribution in [0.3, 0.4) is 0 Å². The van der Waals surface area contributed by atoms with E-state index >= 15 is 0 Å². The Morgan fingerprint density at radius 1 is 1.35 bits per heavy atom. The van der Waals surface area contributed by atoms with Gasteiger partial charge in [0.15, 0.2) is 10.3 Å². The summed E-state index contributed by atoms with van der Waals surface area (Å²) in [4.78, 5) is 22.2. The van der Waals surface area contributed by atoms with E-state index in [4.69, 9.17) is 0 Å². The average molecular weight is 344 g/mol. The van der Waals surface area contributed by atoms with Gasteiger partial charge >= 0.3 is 0 Å². The number of benzene rings is 1. The number of hydrogen-bond acceptors (Lipinski definition) is 5. The predicted octanol–water partition coefficient (Wildman–Crippen LogP) is 3.92. The molecule has 0 saturated heterocycles. The van der Waals surface area contributed by atoms with Gasteiger partial charge in [-0.15, -0.1) is 11.3 Å². The monoisotopic (exact) mass is 344 g/mol. The number of aryl methyl sites for hydroxylation is 2. The average Bonchev–Trinajstić information content (AvgIpc) is 3.14. The Hall–Kier alpha value is -2.12. The van der Waals surface area contributed by atoms with Crippen molar-refractivity contribution >= 4 is 34.1 Å². The van der Waals surface area contributed by atoms with Crippen molar-refractivity contribution in [3.05, 3.63) is 52.8 Å². The van der Waals surface area contributed by atoms with Crippen LogP contribution in [0, 0.1) is 13.8 Å². The van der Waals surface area contributed by atoms with Gasteiger partial charge in [0.1, 0.15) is 0 Å². The molecule has 1 aromatic carbocycles. The number of anilines is 1. The van der Waals surface area contributed by atoms with Crippen LogP contribution in [-0.4, -0.2) is 26.7 Å². The van der Waals surface area contributed by atoms with Crippen molar-refractivity contribution in [3.63, 3.8) is 0 Å². The minimum atomic E-state index is -0.161. The molecule has 2 heterocycles. The minimum absolute atomic E-state index is 0.161. The van der Waals surface area contributed by atoms with E-state index in [9.17, 15) is 4.79 Å². The molecule has 2 aromatic heterocycles. The first kappa shape index (κ1) is 15.8. The summed E-state index contributed by atoms with van der Waals surface area (Å²) >= 11 is 3.04. The molecule has 0 atom stereocenters. The Morgan fingerprint density at radius 2 is 2.17 bits per heavy atom. The summed E-state index contributed by atoms with van der Waals surface area (Å²) < 4.78 is 1.96. The lowest BCUT2D eigenvalue weighted by Crippen LogP contribution is -2.12. The molecule has 0 bridgehead atoms. The maximum Gasteiger partial charge on any atom is 0.257 e. The molecule has 7 heteroatoms. The standard InChI is InChI=1S/C16H16N4OS2/c1-10-11(2)23-15(18-10)19-14(21)12-5-4-6-13(9-12)20-8-7-17-16(20)22-3/h4-9H,1-3H3,(H,18,19,21). The third-order valence-electron chi connectivity index (χ3n) is 3.42. The fourth-order valence-electron chi connectivity index (χ4n) is 2.13. The number of amides is 1. The molecule has 0 radical (unpaired) electrons. The number of carbonyl (C=O) groups excluding carboxylic acids is 1. The van der Waals surface area contributed by atoms with E-state index in [1.54, 1.807) is 24.0 Å². The molecule has 3 rings (SSSR count). The number of nitrogens with one attached hydrogen (secondary N) is 1. The second kappa shape index (κ2) is 6.55. The summed E-state index contributed by atoms with van der Waals surface area (Å²) in [6, 6.07) is 7.47. The fourth-order valence-corrected chi connectivity index (χ4v) is 3.47. The molecule has 118 valence electrons. The maximum atomic E-state index is 12.4. The van der Waals surface area contributed by atoms with Gasteiger partial charge in [0.25, 0.3) is 5.91 Å². The molecule has 5 nitrogen and oxygen atoms in total. The fraction of sp³-hybridized carbons (Fsp3) is 0.188. The highest BCUT2D eigenvalue weighted by Gasteiger charge is 2.12. The van der Waals surface area contributed by atoms with Crippen LogP contribution in [0.25, 0.3) is 5.69 Å². The van der Waals surface area contributed by atoms with Crippen LogP contribution in [0.1, 0.15) is 20.9 Å². The molecule has 3 aromatic rings. The molecule has 0 saturated carbocycles. The van der Waals surface area contributed by atoms with E-state index in [-0.39, 0.29) is 5.91 Å². The zero-order valence-corrected chi connectivity index (χ0v) is 14.7. The summed E-state index contributed by atoms with van der Waals surface area (Å²) in [5.41, 5.74) is 2.45. The van der Waals surface area contributed by atoms with Crippen molar-refractivity contribution in [2.24, 2.45) is 0 Å². The predicted molar refractivity (Wildman–Crippen MR) is 94.9 cm³/mol. The van der Waals surface area contributed by atoms with Crippen molar-refractivity contribution < 1.29 is 4.79 Å². The van der Waals surface area contributed by atoms with Crippen LogP contribution in [0.5, 0.6) is 0 Å². The lowest BCUT2D eigenvalue weighted by Gasteiger charge is -2.08. The summed E-state index contributed by atoms with van der Waals surface area (Å²) in [5, 5.41) is 4.37. The number of carbonyl (C=O) groups is 1. The van der Waals surface area contributed by atoms with Gasteiger partial charge in [-0.05, 0) is 38.3 Å². The van der Waals surface area contributed by atoms with E-state index in [0.29, 0.717) is 10.7 Å². The van der Waals surface area contributed by atoms with Crippen LogP contribution < -0.4 is 5.32 Å². The third-order valence-corrected chi connectivity index (χ3v) is 5.08. The van der Waals surface area contributed by atoms with Gasteiger partial charge in [0, 0.05) is 28.5 Å². The van der Waals surface area contributed by atoms with Crippen molar-refractivity contribution in [3.8, 4) is 5.69 Å². The van der Waals surface area contributed by atoms with Crippen LogP contribution in [0.4, 0.5) is 5.13 Å². The largest absolute Gasteiger partial charge is 0.298 e. The molecule has 0 spiro atoms. The van der Waals surface area contributed by atoms with Gasteiger partial charge in [-0.1, -0.05) is 17.8 Å². The Balaban J connectivity index is 1.86. The number of thioether (sulfide) groups is 1. The van der Waals surface area contributed by atoms with Gasteiger partial charge in [-0.3, -0.25) is 14.7 Å². The van der Waals surface area contributed by atoms with E-state index in [0.717, 1.165) is 21.4 Å². The zero-order chi connectivity index (χ0) is 16.4. The molecule has 1 amide bonds. The number of imidazole rings is 1. The summed E-state index contributed by atoms with van der Waals surface area (Å²) in [5.74, 6) is -0.161. The molecule has 1 N–H and O–H groups in total. The Morgan fingerprint density at radius 3 is 2.87 bits per heavy atom. The number of aromatic nitrogens is 3. The first-order valence-electron chi connectivity index (χ1n) is 7.01. The topological polar surface area (TPSA) is 59.8 Å². The second-order valence-electron chi connectivity index (χ2n) is 4.95. The Kier molecular flexibility index (Phi) is 4.49. The molecule has 0 aliphatic heterocycles. The molecule has 0 aliphatic carbocycles. The number of hydrogen-bond donors (Lipinski definition) is 1. The first-order chi connectivity index (χ1) is 11.1. The molecular formula is C16H16N4OS2. The van der Waals surface area contributed by atoms with E-state index < -0.39 is 0 Å². The van der Waals surface area contributed by atoms with E-state index in [2.05, 4.69) is 15.3 Å². The molecule has 23 heavy (non-hydrogen) atoms. The first-order valence-corrected chi connectivity index (χ1v) is 9.06.